The van der Waals surface area contributed by atoms with Gasteiger partial charge in [0.2, 0.25) is 6.79 Å². The van der Waals surface area contributed by atoms with E-state index in [0.717, 1.165) is 15.6 Å². The third-order valence-corrected chi connectivity index (χ3v) is 4.28. The molecule has 0 aliphatic carbocycles. The molecule has 0 saturated heterocycles. The summed E-state index contributed by atoms with van der Waals surface area (Å²) < 4.78 is 16.3. The largest absolute Gasteiger partial charge is 0.454 e. The summed E-state index contributed by atoms with van der Waals surface area (Å²) in [6, 6.07) is 10.6. The van der Waals surface area contributed by atoms with Crippen LogP contribution in [0.1, 0.15) is 21.5 Å². The van der Waals surface area contributed by atoms with E-state index in [-0.39, 0.29) is 19.2 Å². The van der Waals surface area contributed by atoms with E-state index < -0.39 is 5.97 Å². The smallest absolute Gasteiger partial charge is 0.331 e. The molecule has 2 aromatic rings. The second-order valence-corrected chi connectivity index (χ2v) is 6.31. The van der Waals surface area contributed by atoms with E-state index in [1.807, 2.05) is 25.1 Å². The van der Waals surface area contributed by atoms with Gasteiger partial charge in [-0.2, -0.15) is 0 Å². The first kappa shape index (κ1) is 17.2. The molecular weight excluding hydrogens is 388 g/mol. The molecule has 0 N–H and O–H groups in total. The van der Waals surface area contributed by atoms with Crippen LogP contribution in [0.5, 0.6) is 11.5 Å². The second kappa shape index (κ2) is 7.53. The molecule has 0 aromatic heterocycles. The van der Waals surface area contributed by atoms with Crippen molar-refractivity contribution in [2.24, 2.45) is 0 Å². The minimum absolute atomic E-state index is 0.140. The maximum atomic E-state index is 12.1. The van der Waals surface area contributed by atoms with Crippen molar-refractivity contribution in [2.45, 2.75) is 6.92 Å². The van der Waals surface area contributed by atoms with Gasteiger partial charge in [-0.25, -0.2) is 4.79 Å². The molecule has 1 aliphatic heterocycles. The van der Waals surface area contributed by atoms with Crippen LogP contribution in [-0.4, -0.2) is 25.2 Å². The van der Waals surface area contributed by atoms with Gasteiger partial charge in [-0.1, -0.05) is 28.1 Å². The number of halogens is 1. The zero-order valence-electron chi connectivity index (χ0n) is 13.5. The van der Waals surface area contributed by atoms with E-state index >= 15 is 0 Å². The minimum Gasteiger partial charge on any atom is -0.454 e. The molecule has 0 saturated carbocycles. The van der Waals surface area contributed by atoms with Crippen molar-refractivity contribution in [3.63, 3.8) is 0 Å². The zero-order valence-corrected chi connectivity index (χ0v) is 15.0. The lowest BCUT2D eigenvalue weighted by Crippen LogP contribution is -2.12. The molecule has 0 amide bonds. The van der Waals surface area contributed by atoms with E-state index in [1.165, 1.54) is 6.08 Å². The molecule has 5 nitrogen and oxygen atoms in total. The Balaban J connectivity index is 1.56. The molecular formula is C19H15BrO5. The fourth-order valence-electron chi connectivity index (χ4n) is 2.26. The molecule has 0 unspecified atom stereocenters. The highest BCUT2D eigenvalue weighted by molar-refractivity contribution is 9.10. The van der Waals surface area contributed by atoms with E-state index in [2.05, 4.69) is 15.9 Å². The molecule has 128 valence electrons. The van der Waals surface area contributed by atoms with Crippen molar-refractivity contribution < 1.29 is 23.8 Å². The van der Waals surface area contributed by atoms with Crippen LogP contribution in [0, 0.1) is 6.92 Å². The molecule has 0 fully saturated rings. The number of ether oxygens (including phenoxy) is 3. The van der Waals surface area contributed by atoms with Gasteiger partial charge < -0.3 is 14.2 Å². The third-order valence-electron chi connectivity index (χ3n) is 3.59. The molecule has 3 rings (SSSR count). The van der Waals surface area contributed by atoms with Crippen LogP contribution >= 0.6 is 15.9 Å². The Labute approximate surface area is 153 Å². The Morgan fingerprint density at radius 1 is 1.16 bits per heavy atom. The monoisotopic (exact) mass is 402 g/mol. The number of Topliss-reactive ketones (excluding diaryl/α,β-unsaturated/α-hetero) is 1. The summed E-state index contributed by atoms with van der Waals surface area (Å²) in [5, 5.41) is 0. The van der Waals surface area contributed by atoms with Crippen molar-refractivity contribution >= 4 is 33.8 Å². The lowest BCUT2D eigenvalue weighted by atomic mass is 10.1. The van der Waals surface area contributed by atoms with Crippen LogP contribution in [0.2, 0.25) is 0 Å². The fraction of sp³-hybridized carbons (Fsp3) is 0.158. The highest BCUT2D eigenvalue weighted by Crippen LogP contribution is 2.32. The Hall–Kier alpha value is -2.60. The molecule has 0 radical (unpaired) electrons. The predicted octanol–water partition coefficient (Wildman–Crippen LogP) is 3.93. The van der Waals surface area contributed by atoms with Crippen LogP contribution in [-0.2, 0) is 9.53 Å². The Morgan fingerprint density at radius 2 is 1.96 bits per heavy atom. The summed E-state index contributed by atoms with van der Waals surface area (Å²) in [6.45, 7) is 1.79. The number of hydrogen-bond acceptors (Lipinski definition) is 5. The first-order valence-corrected chi connectivity index (χ1v) is 8.36. The highest BCUT2D eigenvalue weighted by atomic mass is 79.9. The van der Waals surface area contributed by atoms with Crippen molar-refractivity contribution in [1.82, 2.24) is 0 Å². The topological polar surface area (TPSA) is 61.8 Å². The van der Waals surface area contributed by atoms with Crippen molar-refractivity contribution in [1.29, 1.82) is 0 Å². The summed E-state index contributed by atoms with van der Waals surface area (Å²) >= 11 is 3.43. The van der Waals surface area contributed by atoms with Gasteiger partial charge in [0.15, 0.2) is 23.9 Å². The van der Waals surface area contributed by atoms with Crippen molar-refractivity contribution in [3.8, 4) is 11.5 Å². The summed E-state index contributed by atoms with van der Waals surface area (Å²) in [5.41, 5.74) is 2.37. The normalized spacial score (nSPS) is 12.4. The number of benzene rings is 2. The van der Waals surface area contributed by atoms with Gasteiger partial charge in [0.05, 0.1) is 0 Å². The van der Waals surface area contributed by atoms with Gasteiger partial charge in [-0.05, 0) is 48.4 Å². The second-order valence-electron chi connectivity index (χ2n) is 5.46. The Bertz CT molecular complexity index is 857. The molecule has 25 heavy (non-hydrogen) atoms. The average Bonchev–Trinajstić information content (AvgIpc) is 3.06. The van der Waals surface area contributed by atoms with Gasteiger partial charge >= 0.3 is 5.97 Å². The summed E-state index contributed by atoms with van der Waals surface area (Å²) in [4.78, 5) is 23.9. The van der Waals surface area contributed by atoms with Crippen LogP contribution in [0.25, 0.3) is 6.08 Å². The maximum absolute atomic E-state index is 12.1. The van der Waals surface area contributed by atoms with Crippen molar-refractivity contribution in [2.75, 3.05) is 13.4 Å². The molecule has 6 heteroatoms. The van der Waals surface area contributed by atoms with Gasteiger partial charge in [0.1, 0.15) is 0 Å². The van der Waals surface area contributed by atoms with Crippen molar-refractivity contribution in [3.05, 3.63) is 63.6 Å². The van der Waals surface area contributed by atoms with Gasteiger partial charge in [0, 0.05) is 16.1 Å². The molecule has 0 bridgehead atoms. The summed E-state index contributed by atoms with van der Waals surface area (Å²) in [7, 11) is 0. The van der Waals surface area contributed by atoms with E-state index in [1.54, 1.807) is 24.3 Å². The number of aryl methyl sites for hydroxylation is 1. The number of ketones is 1. The molecule has 0 spiro atoms. The van der Waals surface area contributed by atoms with Crippen LogP contribution in [0.4, 0.5) is 0 Å². The quantitative estimate of drug-likeness (QED) is 0.430. The van der Waals surface area contributed by atoms with Gasteiger partial charge in [-0.3, -0.25) is 4.79 Å². The first-order chi connectivity index (χ1) is 12.0. The van der Waals surface area contributed by atoms with E-state index in [4.69, 9.17) is 14.2 Å². The van der Waals surface area contributed by atoms with Gasteiger partial charge in [0.25, 0.3) is 0 Å². The maximum Gasteiger partial charge on any atom is 0.331 e. The van der Waals surface area contributed by atoms with Crippen LogP contribution in [0.3, 0.4) is 0 Å². The SMILES string of the molecule is Cc1ccc(/C=C/C(=O)OCC(=O)c2ccc3c(c2)OCO3)c(Br)c1. The number of fused-ring (bicyclic) bond motifs is 1. The standard InChI is InChI=1S/C19H15BrO5/c1-12-2-3-13(15(20)8-12)5-7-19(22)23-10-16(21)14-4-6-17-18(9-14)25-11-24-17/h2-9H,10-11H2,1H3/b7-5+. The predicted molar refractivity (Wildman–Crippen MR) is 95.8 cm³/mol. The average molecular weight is 403 g/mol. The number of carbonyl (C=O) groups is 2. The molecule has 0 atom stereocenters. The number of hydrogen-bond donors (Lipinski definition) is 0. The summed E-state index contributed by atoms with van der Waals surface area (Å²) in [5.74, 6) is 0.222. The molecule has 2 aromatic carbocycles. The van der Waals surface area contributed by atoms with Gasteiger partial charge in [-0.15, -0.1) is 0 Å². The van der Waals surface area contributed by atoms with E-state index in [0.29, 0.717) is 17.1 Å². The van der Waals surface area contributed by atoms with E-state index in [9.17, 15) is 9.59 Å². The minimum atomic E-state index is -0.582. The lowest BCUT2D eigenvalue weighted by Gasteiger charge is -2.04. The summed E-state index contributed by atoms with van der Waals surface area (Å²) in [6.07, 6.45) is 2.93. The lowest BCUT2D eigenvalue weighted by molar-refractivity contribution is -0.136. The van der Waals surface area contributed by atoms with Crippen LogP contribution < -0.4 is 9.47 Å². The third kappa shape index (κ3) is 4.28. The fourth-order valence-corrected chi connectivity index (χ4v) is 2.89. The van der Waals surface area contributed by atoms with Crippen LogP contribution in [0.15, 0.2) is 46.9 Å². The Kier molecular flexibility index (Phi) is 5.19. The molecule has 1 aliphatic rings. The number of carbonyl (C=O) groups excluding carboxylic acids is 2. The first-order valence-electron chi connectivity index (χ1n) is 7.57. The zero-order chi connectivity index (χ0) is 17.8. The highest BCUT2D eigenvalue weighted by Gasteiger charge is 2.16. The number of esters is 1. The number of rotatable bonds is 5. The Morgan fingerprint density at radius 3 is 2.76 bits per heavy atom. The molecule has 1 heterocycles.